The lowest BCUT2D eigenvalue weighted by molar-refractivity contribution is 0.287. The van der Waals surface area contributed by atoms with Crippen LogP contribution in [-0.4, -0.2) is 35.7 Å². The van der Waals surface area contributed by atoms with Crippen LogP contribution in [0.25, 0.3) is 12.2 Å². The van der Waals surface area contributed by atoms with Gasteiger partial charge in [-0.2, -0.15) is 4.31 Å². The third-order valence-corrected chi connectivity index (χ3v) is 11.1. The van der Waals surface area contributed by atoms with Crippen LogP contribution in [0.3, 0.4) is 0 Å². The second kappa shape index (κ2) is 8.75. The van der Waals surface area contributed by atoms with E-state index in [1.165, 1.54) is 11.1 Å². The Hall–Kier alpha value is -1.70. The van der Waals surface area contributed by atoms with Crippen molar-refractivity contribution in [2.75, 3.05) is 13.2 Å². The van der Waals surface area contributed by atoms with Crippen LogP contribution in [0.5, 0.6) is 5.75 Å². The van der Waals surface area contributed by atoms with Gasteiger partial charge in [0.05, 0.1) is 21.5 Å². The molecule has 1 spiro atoms. The standard InChI is InChI=1S/C27H38N2O3S2/c1-8-25(4,5)20-11-12-23(21(17-20)26(6,7)9-2)32-16-10-15-29-27(34(29,30)31)14-13-22-24(18-27)33-19(3)28-22/h11-13,17-18H,8-10,14-16H2,1-7H3. The molecule has 0 radical (unpaired) electrons. The van der Waals surface area contributed by atoms with Crippen molar-refractivity contribution in [3.8, 4) is 5.75 Å². The molecule has 2 aromatic rings. The largest absolute Gasteiger partial charge is 0.493 e. The van der Waals surface area contributed by atoms with Gasteiger partial charge >= 0.3 is 0 Å². The van der Waals surface area contributed by atoms with E-state index in [1.54, 1.807) is 15.6 Å². The number of thiazole rings is 1. The summed E-state index contributed by atoms with van der Waals surface area (Å²) in [6.07, 6.45) is 7.07. The van der Waals surface area contributed by atoms with Crippen molar-refractivity contribution in [1.29, 1.82) is 0 Å². The Labute approximate surface area is 208 Å². The number of fused-ring (bicyclic) bond motifs is 1. The van der Waals surface area contributed by atoms with E-state index >= 15 is 0 Å². The Morgan fingerprint density at radius 1 is 1.15 bits per heavy atom. The quantitative estimate of drug-likeness (QED) is 0.371. The Balaban J connectivity index is 1.46. The normalized spacial score (nSPS) is 23.2. The Kier molecular flexibility index (Phi) is 6.54. The Morgan fingerprint density at radius 2 is 1.85 bits per heavy atom. The predicted octanol–water partition coefficient (Wildman–Crippen LogP) is 4.60. The molecule has 34 heavy (non-hydrogen) atoms. The van der Waals surface area contributed by atoms with Crippen molar-refractivity contribution in [1.82, 2.24) is 9.29 Å². The lowest BCUT2D eigenvalue weighted by atomic mass is 9.76. The summed E-state index contributed by atoms with van der Waals surface area (Å²) in [5, 5.41) is 1.88. The fourth-order valence-electron chi connectivity index (χ4n) is 4.62. The molecule has 0 bridgehead atoms. The Bertz CT molecular complexity index is 1310. The molecule has 0 saturated carbocycles. The molecule has 1 fully saturated rings. The highest BCUT2D eigenvalue weighted by molar-refractivity contribution is 7.97. The van der Waals surface area contributed by atoms with Crippen LogP contribution in [0.2, 0.25) is 0 Å². The zero-order valence-electron chi connectivity index (χ0n) is 21.6. The number of rotatable bonds is 9. The van der Waals surface area contributed by atoms with Gasteiger partial charge in [-0.3, -0.25) is 0 Å². The summed E-state index contributed by atoms with van der Waals surface area (Å²) < 4.78 is 34.6. The van der Waals surface area contributed by atoms with E-state index in [9.17, 15) is 8.42 Å². The van der Waals surface area contributed by atoms with Crippen molar-refractivity contribution in [3.63, 3.8) is 0 Å². The maximum absolute atomic E-state index is 12.9. The molecule has 2 heterocycles. The van der Waals surface area contributed by atoms with Gasteiger partial charge in [-0.25, -0.2) is 13.4 Å². The van der Waals surface area contributed by atoms with Crippen molar-refractivity contribution in [2.24, 2.45) is 0 Å². The van der Waals surface area contributed by atoms with Gasteiger partial charge in [0.2, 0.25) is 10.0 Å². The van der Waals surface area contributed by atoms with E-state index in [0.717, 1.165) is 33.5 Å². The van der Waals surface area contributed by atoms with Crippen LogP contribution in [0.1, 0.15) is 83.4 Å². The third-order valence-electron chi connectivity index (χ3n) is 7.88. The zero-order valence-corrected chi connectivity index (χ0v) is 23.2. The molecule has 1 aliphatic heterocycles. The fraction of sp³-hybridized carbons (Fsp3) is 0.593. The minimum atomic E-state index is -3.29. The number of hydrogen-bond acceptors (Lipinski definition) is 5. The molecule has 1 saturated heterocycles. The van der Waals surface area contributed by atoms with Crippen LogP contribution in [-0.2, 0) is 20.9 Å². The lowest BCUT2D eigenvalue weighted by Gasteiger charge is -2.30. The fourth-order valence-corrected chi connectivity index (χ4v) is 7.67. The van der Waals surface area contributed by atoms with Crippen LogP contribution in [0.4, 0.5) is 0 Å². The number of aryl methyl sites for hydroxylation is 1. The summed E-state index contributed by atoms with van der Waals surface area (Å²) in [7, 11) is -3.29. The average Bonchev–Trinajstić information content (AvgIpc) is 3.04. The van der Waals surface area contributed by atoms with E-state index in [2.05, 4.69) is 64.7 Å². The average molecular weight is 503 g/mol. The van der Waals surface area contributed by atoms with Crippen LogP contribution in [0, 0.1) is 6.92 Å². The highest BCUT2D eigenvalue weighted by Crippen LogP contribution is 2.49. The highest BCUT2D eigenvalue weighted by Gasteiger charge is 2.67. The van der Waals surface area contributed by atoms with Crippen molar-refractivity contribution < 1.29 is 13.2 Å². The van der Waals surface area contributed by atoms with Crippen molar-refractivity contribution in [2.45, 2.75) is 89.9 Å². The molecule has 186 valence electrons. The van der Waals surface area contributed by atoms with E-state index in [4.69, 9.17) is 4.74 Å². The summed E-state index contributed by atoms with van der Waals surface area (Å²) in [6, 6.07) is 6.60. The monoisotopic (exact) mass is 502 g/mol. The number of sulfonamides is 1. The molecule has 2 atom stereocenters. The second-order valence-corrected chi connectivity index (χ2v) is 14.2. The number of hydrogen-bond donors (Lipinski definition) is 0. The molecule has 2 aliphatic rings. The molecule has 4 rings (SSSR count). The highest BCUT2D eigenvalue weighted by atomic mass is 32.2. The topological polar surface area (TPSA) is 59.3 Å². The molecular weight excluding hydrogens is 464 g/mol. The molecular formula is C27H38N2O3S2. The van der Waals surface area contributed by atoms with Crippen molar-refractivity contribution in [3.05, 3.63) is 44.2 Å². The van der Waals surface area contributed by atoms with Gasteiger partial charge in [0, 0.05) is 18.5 Å². The van der Waals surface area contributed by atoms with E-state index in [0.29, 0.717) is 26.0 Å². The summed E-state index contributed by atoms with van der Waals surface area (Å²) in [4.78, 5) is 3.60. The van der Waals surface area contributed by atoms with E-state index in [1.807, 2.05) is 19.1 Å². The first-order valence-corrected chi connectivity index (χ1v) is 14.6. The van der Waals surface area contributed by atoms with E-state index < -0.39 is 14.9 Å². The van der Waals surface area contributed by atoms with Crippen LogP contribution < -0.4 is 14.6 Å². The molecule has 0 amide bonds. The maximum Gasteiger partial charge on any atom is 0.240 e. The second-order valence-electron chi connectivity index (χ2n) is 10.8. The summed E-state index contributed by atoms with van der Waals surface area (Å²) in [5.41, 5.74) is 2.68. The predicted molar refractivity (Wildman–Crippen MR) is 141 cm³/mol. The van der Waals surface area contributed by atoms with Gasteiger partial charge in [0.1, 0.15) is 5.75 Å². The molecule has 1 aromatic heterocycles. The molecule has 1 aromatic carbocycles. The molecule has 2 unspecified atom stereocenters. The maximum atomic E-state index is 12.9. The number of benzene rings is 1. The number of ether oxygens (including phenoxy) is 1. The number of nitrogens with zero attached hydrogens (tertiary/aromatic N) is 2. The summed E-state index contributed by atoms with van der Waals surface area (Å²) >= 11 is 1.56. The van der Waals surface area contributed by atoms with Gasteiger partial charge in [-0.1, -0.05) is 59.8 Å². The Morgan fingerprint density at radius 3 is 2.53 bits per heavy atom. The lowest BCUT2D eigenvalue weighted by Crippen LogP contribution is -2.32. The van der Waals surface area contributed by atoms with Gasteiger partial charge < -0.3 is 4.74 Å². The minimum Gasteiger partial charge on any atom is -0.493 e. The van der Waals surface area contributed by atoms with Gasteiger partial charge in [0.15, 0.2) is 4.87 Å². The van der Waals surface area contributed by atoms with E-state index in [-0.39, 0.29) is 10.8 Å². The molecule has 0 N–H and O–H groups in total. The molecule has 5 nitrogen and oxygen atoms in total. The first-order valence-electron chi connectivity index (χ1n) is 12.3. The number of aromatic nitrogens is 1. The smallest absolute Gasteiger partial charge is 0.240 e. The SMILES string of the molecule is CCC(C)(C)c1ccc(OCCCN2C3(C=c4sc(C)nc4=CC3)S2(=O)=O)c(C(C)(C)CC)c1. The van der Waals surface area contributed by atoms with Gasteiger partial charge in [-0.05, 0) is 54.7 Å². The van der Waals surface area contributed by atoms with Gasteiger partial charge in [-0.15, -0.1) is 11.3 Å². The minimum absolute atomic E-state index is 0.0000281. The summed E-state index contributed by atoms with van der Waals surface area (Å²) in [5.74, 6) is 0.910. The molecule has 1 aliphatic carbocycles. The molecule has 7 heteroatoms. The first-order chi connectivity index (χ1) is 15.9. The zero-order chi connectivity index (χ0) is 24.9. The van der Waals surface area contributed by atoms with Crippen LogP contribution in [0.15, 0.2) is 18.2 Å². The van der Waals surface area contributed by atoms with Crippen LogP contribution >= 0.6 is 11.3 Å². The summed E-state index contributed by atoms with van der Waals surface area (Å²) in [6.45, 7) is 16.4. The first kappa shape index (κ1) is 25.4. The van der Waals surface area contributed by atoms with Crippen molar-refractivity contribution >= 4 is 33.5 Å². The van der Waals surface area contributed by atoms with Gasteiger partial charge in [0.25, 0.3) is 0 Å². The third kappa shape index (κ3) is 4.24.